The summed E-state index contributed by atoms with van der Waals surface area (Å²) in [6, 6.07) is 14.4. The topological polar surface area (TPSA) is 49.2 Å². The zero-order chi connectivity index (χ0) is 21.1. The smallest absolute Gasteiger partial charge is 0.170 e. The Kier molecular flexibility index (Phi) is 6.11. The highest BCUT2D eigenvalue weighted by molar-refractivity contribution is 7.80. The van der Waals surface area contributed by atoms with Gasteiger partial charge in [-0.15, -0.1) is 0 Å². The van der Waals surface area contributed by atoms with Crippen molar-refractivity contribution in [3.05, 3.63) is 78.0 Å². The summed E-state index contributed by atoms with van der Waals surface area (Å²) < 4.78 is 2.16. The zero-order valence-corrected chi connectivity index (χ0v) is 18.5. The molecule has 0 amide bonds. The highest BCUT2D eigenvalue weighted by atomic mass is 32.1. The van der Waals surface area contributed by atoms with Crippen LogP contribution in [-0.4, -0.2) is 56.6 Å². The van der Waals surface area contributed by atoms with Gasteiger partial charge in [0, 0.05) is 30.8 Å². The van der Waals surface area contributed by atoms with Crippen LogP contribution in [0, 0.1) is 6.92 Å². The molecule has 0 aromatic carbocycles. The standard InChI is InChI=1S/C23H28N6S/c1-17-10-11-20(25-16-17)28-14-6-9-19(28)22-21(18-8-4-5-12-24-18)26-23(30)29(22)15-7-13-27(2)3/h4-6,8-12,14,16,21-22H,7,13,15H2,1-3H3,(H,26,30)/t21-,22-/m0/s1. The Morgan fingerprint density at radius 3 is 2.67 bits per heavy atom. The molecule has 4 rings (SSSR count). The van der Waals surface area contributed by atoms with E-state index in [0.29, 0.717) is 0 Å². The molecular weight excluding hydrogens is 392 g/mol. The summed E-state index contributed by atoms with van der Waals surface area (Å²) in [5.41, 5.74) is 3.29. The largest absolute Gasteiger partial charge is 0.352 e. The number of nitrogens with zero attached hydrogens (tertiary/aromatic N) is 5. The third kappa shape index (κ3) is 4.22. The lowest BCUT2D eigenvalue weighted by atomic mass is 10.0. The average molecular weight is 421 g/mol. The molecule has 6 nitrogen and oxygen atoms in total. The van der Waals surface area contributed by atoms with Crippen LogP contribution in [0.2, 0.25) is 0 Å². The van der Waals surface area contributed by atoms with Gasteiger partial charge in [0.05, 0.1) is 17.8 Å². The molecule has 2 atom stereocenters. The second-order valence-electron chi connectivity index (χ2n) is 7.97. The Morgan fingerprint density at radius 2 is 1.97 bits per heavy atom. The van der Waals surface area contributed by atoms with Gasteiger partial charge in [0.15, 0.2) is 5.11 Å². The molecule has 0 aliphatic carbocycles. The van der Waals surface area contributed by atoms with E-state index in [9.17, 15) is 0 Å². The molecule has 4 heterocycles. The highest BCUT2D eigenvalue weighted by Crippen LogP contribution is 2.39. The van der Waals surface area contributed by atoms with E-state index >= 15 is 0 Å². The second-order valence-corrected chi connectivity index (χ2v) is 8.36. The molecule has 0 spiro atoms. The van der Waals surface area contributed by atoms with E-state index in [4.69, 9.17) is 12.2 Å². The maximum atomic E-state index is 5.77. The second kappa shape index (κ2) is 8.93. The van der Waals surface area contributed by atoms with Gasteiger partial charge in [0.2, 0.25) is 0 Å². The Hall–Kier alpha value is -2.77. The molecule has 0 radical (unpaired) electrons. The molecule has 1 aliphatic rings. The number of rotatable bonds is 7. The van der Waals surface area contributed by atoms with Gasteiger partial charge in [-0.3, -0.25) is 4.98 Å². The minimum Gasteiger partial charge on any atom is -0.352 e. The molecule has 156 valence electrons. The fourth-order valence-electron chi connectivity index (χ4n) is 3.97. The first kappa shape index (κ1) is 20.5. The number of thiocarbonyl (C=S) groups is 1. The number of aryl methyl sites for hydroxylation is 1. The van der Waals surface area contributed by atoms with Gasteiger partial charge in [0.25, 0.3) is 0 Å². The SMILES string of the molecule is Cc1ccc(-n2cccc2[C@H]2[C@H](c3ccccn3)NC(=S)N2CCCN(C)C)nc1. The van der Waals surface area contributed by atoms with Crippen LogP contribution in [0.5, 0.6) is 0 Å². The van der Waals surface area contributed by atoms with E-state index in [2.05, 4.69) is 87.2 Å². The molecule has 3 aromatic heterocycles. The van der Waals surface area contributed by atoms with E-state index in [0.717, 1.165) is 47.4 Å². The van der Waals surface area contributed by atoms with Crippen molar-refractivity contribution in [2.45, 2.75) is 25.4 Å². The lowest BCUT2D eigenvalue weighted by Gasteiger charge is -2.29. The minimum absolute atomic E-state index is 0.0165. The first-order chi connectivity index (χ1) is 14.5. The van der Waals surface area contributed by atoms with Crippen LogP contribution in [0.15, 0.2) is 61.1 Å². The van der Waals surface area contributed by atoms with Crippen molar-refractivity contribution in [3.63, 3.8) is 0 Å². The quantitative estimate of drug-likeness (QED) is 0.591. The van der Waals surface area contributed by atoms with Gasteiger partial charge in [-0.05, 0) is 82.1 Å². The molecule has 1 N–H and O–H groups in total. The van der Waals surface area contributed by atoms with Crippen LogP contribution in [-0.2, 0) is 0 Å². The molecule has 30 heavy (non-hydrogen) atoms. The van der Waals surface area contributed by atoms with E-state index in [-0.39, 0.29) is 12.1 Å². The first-order valence-corrected chi connectivity index (χ1v) is 10.7. The Morgan fingerprint density at radius 1 is 1.10 bits per heavy atom. The average Bonchev–Trinajstić information content (AvgIpc) is 3.34. The molecule has 7 heteroatoms. The Labute approximate surface area is 183 Å². The molecular formula is C23H28N6S. The minimum atomic E-state index is -0.0165. The van der Waals surface area contributed by atoms with Gasteiger partial charge in [0.1, 0.15) is 5.82 Å². The molecule has 1 aliphatic heterocycles. The maximum Gasteiger partial charge on any atom is 0.170 e. The van der Waals surface area contributed by atoms with Crippen LogP contribution in [0.4, 0.5) is 0 Å². The fourth-order valence-corrected chi connectivity index (χ4v) is 4.30. The van der Waals surface area contributed by atoms with Crippen molar-refractivity contribution in [1.82, 2.24) is 29.7 Å². The predicted molar refractivity (Wildman–Crippen MR) is 124 cm³/mol. The van der Waals surface area contributed by atoms with E-state index in [1.165, 1.54) is 0 Å². The van der Waals surface area contributed by atoms with Crippen molar-refractivity contribution >= 4 is 17.3 Å². The lowest BCUT2D eigenvalue weighted by Crippen LogP contribution is -2.33. The van der Waals surface area contributed by atoms with Crippen molar-refractivity contribution in [1.29, 1.82) is 0 Å². The van der Waals surface area contributed by atoms with Crippen LogP contribution < -0.4 is 5.32 Å². The number of hydrogen-bond acceptors (Lipinski definition) is 4. The molecule has 1 fully saturated rings. The van der Waals surface area contributed by atoms with Gasteiger partial charge < -0.3 is 19.7 Å². The molecule has 0 bridgehead atoms. The van der Waals surface area contributed by atoms with E-state index in [1.807, 2.05) is 24.5 Å². The van der Waals surface area contributed by atoms with Crippen LogP contribution in [0.25, 0.3) is 5.82 Å². The first-order valence-electron chi connectivity index (χ1n) is 10.3. The maximum absolute atomic E-state index is 5.77. The van der Waals surface area contributed by atoms with Crippen LogP contribution in [0.1, 0.15) is 35.5 Å². The summed E-state index contributed by atoms with van der Waals surface area (Å²) >= 11 is 5.77. The zero-order valence-electron chi connectivity index (χ0n) is 17.7. The Bertz CT molecular complexity index is 982. The monoisotopic (exact) mass is 420 g/mol. The normalized spacial score (nSPS) is 18.8. The molecule has 0 saturated carbocycles. The summed E-state index contributed by atoms with van der Waals surface area (Å²) in [7, 11) is 4.20. The summed E-state index contributed by atoms with van der Waals surface area (Å²) in [5, 5.41) is 4.31. The predicted octanol–water partition coefficient (Wildman–Crippen LogP) is 3.50. The van der Waals surface area contributed by atoms with Crippen molar-refractivity contribution in [2.24, 2.45) is 0 Å². The number of nitrogens with one attached hydrogen (secondary N) is 1. The number of hydrogen-bond donors (Lipinski definition) is 1. The summed E-state index contributed by atoms with van der Waals surface area (Å²) in [5.74, 6) is 0.909. The fraction of sp³-hybridized carbons (Fsp3) is 0.348. The van der Waals surface area contributed by atoms with E-state index in [1.54, 1.807) is 0 Å². The van der Waals surface area contributed by atoms with E-state index < -0.39 is 0 Å². The van der Waals surface area contributed by atoms with Crippen molar-refractivity contribution < 1.29 is 0 Å². The third-order valence-electron chi connectivity index (χ3n) is 5.43. The summed E-state index contributed by atoms with van der Waals surface area (Å²) in [4.78, 5) is 13.8. The van der Waals surface area contributed by atoms with Crippen LogP contribution >= 0.6 is 12.2 Å². The Balaban J connectivity index is 1.73. The number of pyridine rings is 2. The molecule has 1 saturated heterocycles. The van der Waals surface area contributed by atoms with Gasteiger partial charge in [-0.1, -0.05) is 12.1 Å². The summed E-state index contributed by atoms with van der Waals surface area (Å²) in [6.45, 7) is 3.95. The van der Waals surface area contributed by atoms with Crippen molar-refractivity contribution in [3.8, 4) is 5.82 Å². The highest BCUT2D eigenvalue weighted by Gasteiger charge is 2.41. The third-order valence-corrected chi connectivity index (χ3v) is 5.78. The lowest BCUT2D eigenvalue weighted by molar-refractivity contribution is 0.286. The van der Waals surface area contributed by atoms with Gasteiger partial charge >= 0.3 is 0 Å². The number of aromatic nitrogens is 3. The molecule has 3 aromatic rings. The van der Waals surface area contributed by atoms with Gasteiger partial charge in [-0.2, -0.15) is 0 Å². The van der Waals surface area contributed by atoms with Crippen LogP contribution in [0.3, 0.4) is 0 Å². The van der Waals surface area contributed by atoms with Gasteiger partial charge in [-0.25, -0.2) is 4.98 Å². The van der Waals surface area contributed by atoms with Crippen molar-refractivity contribution in [2.75, 3.05) is 27.2 Å². The molecule has 0 unspecified atom stereocenters. The summed E-state index contributed by atoms with van der Waals surface area (Å²) in [6.07, 6.45) is 6.85.